The van der Waals surface area contributed by atoms with E-state index in [1.807, 2.05) is 6.07 Å². The third kappa shape index (κ3) is 13.0. The van der Waals surface area contributed by atoms with Crippen LogP contribution in [-0.4, -0.2) is 89.1 Å². The summed E-state index contributed by atoms with van der Waals surface area (Å²) in [6, 6.07) is 1.89. The third-order valence-electron chi connectivity index (χ3n) is 3.94. The molecule has 0 bridgehead atoms. The molecule has 1 fully saturated rings. The van der Waals surface area contributed by atoms with Crippen molar-refractivity contribution in [3.05, 3.63) is 12.3 Å². The number of rotatable bonds is 4. The van der Waals surface area contributed by atoms with Gasteiger partial charge in [0.15, 0.2) is 0 Å². The van der Waals surface area contributed by atoms with Crippen LogP contribution in [0.15, 0.2) is 12.3 Å². The van der Waals surface area contributed by atoms with Crippen molar-refractivity contribution < 1.29 is 50.3 Å². The fourth-order valence-electron chi connectivity index (χ4n) is 2.22. The predicted molar refractivity (Wildman–Crippen MR) is 112 cm³/mol. The molecular formula is C19H29F6N5O4. The van der Waals surface area contributed by atoms with E-state index in [4.69, 9.17) is 23.9 Å². The van der Waals surface area contributed by atoms with Gasteiger partial charge in [-0.1, -0.05) is 20.8 Å². The minimum Gasteiger partial charge on any atom is -0.475 e. The molecule has 0 amide bonds. The Labute approximate surface area is 197 Å². The van der Waals surface area contributed by atoms with E-state index in [1.165, 1.54) is 4.90 Å². The zero-order valence-electron chi connectivity index (χ0n) is 21.8. The number of carbonyl (C=O) groups is 2. The molecule has 1 atom stereocenters. The zero-order valence-corrected chi connectivity index (χ0v) is 18.8. The molecule has 2 rings (SSSR count). The Morgan fingerprint density at radius 3 is 2.09 bits per heavy atom. The van der Waals surface area contributed by atoms with Crippen LogP contribution in [0.2, 0.25) is 0 Å². The molecule has 0 aromatic carbocycles. The molecule has 1 aliphatic rings. The Kier molecular flexibility index (Phi) is 9.53. The van der Waals surface area contributed by atoms with Crippen LogP contribution in [-0.2, 0) is 9.59 Å². The summed E-state index contributed by atoms with van der Waals surface area (Å²) < 4.78 is 86.0. The molecule has 0 radical (unpaired) electrons. The second-order valence-corrected chi connectivity index (χ2v) is 8.26. The van der Waals surface area contributed by atoms with Crippen molar-refractivity contribution in [2.45, 2.75) is 45.6 Å². The SMILES string of the molecule is O=C(O)C(F)(F)F.O=C(O)C(F)(F)F.[3H]C([3H])([3H])N(C)[C@@H]1CCN(c2ccnc(NCC(C)(C)C)n2)C1. The molecule has 1 aliphatic heterocycles. The van der Waals surface area contributed by atoms with Crippen LogP contribution < -0.4 is 10.2 Å². The molecule has 15 heteroatoms. The van der Waals surface area contributed by atoms with Gasteiger partial charge in [-0.3, -0.25) is 0 Å². The number of anilines is 2. The maximum Gasteiger partial charge on any atom is 0.490 e. The largest absolute Gasteiger partial charge is 0.490 e. The first kappa shape index (κ1) is 25.8. The molecule has 196 valence electrons. The van der Waals surface area contributed by atoms with E-state index in [0.29, 0.717) is 12.5 Å². The third-order valence-corrected chi connectivity index (χ3v) is 3.94. The van der Waals surface area contributed by atoms with Gasteiger partial charge in [-0.05, 0) is 31.9 Å². The summed E-state index contributed by atoms with van der Waals surface area (Å²) in [7, 11) is 1.66. The highest BCUT2D eigenvalue weighted by Gasteiger charge is 2.38. The highest BCUT2D eigenvalue weighted by atomic mass is 19.4. The van der Waals surface area contributed by atoms with Crippen molar-refractivity contribution in [1.29, 1.82) is 0 Å². The van der Waals surface area contributed by atoms with Crippen molar-refractivity contribution in [2.24, 2.45) is 5.41 Å². The lowest BCUT2D eigenvalue weighted by Gasteiger charge is -2.22. The molecule has 1 aromatic heterocycles. The molecule has 34 heavy (non-hydrogen) atoms. The molecule has 2 heterocycles. The fraction of sp³-hybridized carbons (Fsp3) is 0.684. The minimum atomic E-state index is -5.08. The van der Waals surface area contributed by atoms with Gasteiger partial charge in [-0.2, -0.15) is 31.3 Å². The average Bonchev–Trinajstić information content (AvgIpc) is 3.20. The summed E-state index contributed by atoms with van der Waals surface area (Å²) in [6.07, 6.45) is -7.60. The van der Waals surface area contributed by atoms with Gasteiger partial charge in [0.2, 0.25) is 5.95 Å². The summed E-state index contributed by atoms with van der Waals surface area (Å²) in [5.41, 5.74) is 0.153. The fourth-order valence-corrected chi connectivity index (χ4v) is 2.22. The highest BCUT2D eigenvalue weighted by Crippen LogP contribution is 2.21. The van der Waals surface area contributed by atoms with Crippen LogP contribution in [0.5, 0.6) is 0 Å². The number of aromatic nitrogens is 2. The number of likely N-dealkylation sites (N-methyl/N-ethyl adjacent to an activating group) is 1. The molecule has 3 N–H and O–H groups in total. The first-order valence-electron chi connectivity index (χ1n) is 11.1. The van der Waals surface area contributed by atoms with Gasteiger partial charge in [-0.15, -0.1) is 0 Å². The molecule has 0 aliphatic carbocycles. The minimum absolute atomic E-state index is 0.0171. The molecule has 9 nitrogen and oxygen atoms in total. The van der Waals surface area contributed by atoms with Gasteiger partial charge in [-0.25, -0.2) is 14.6 Å². The van der Waals surface area contributed by atoms with E-state index in [9.17, 15) is 26.3 Å². The summed E-state index contributed by atoms with van der Waals surface area (Å²) in [4.78, 5) is 30.2. The lowest BCUT2D eigenvalue weighted by molar-refractivity contribution is -0.193. The molecule has 0 saturated carbocycles. The van der Waals surface area contributed by atoms with Crippen molar-refractivity contribution >= 4 is 23.7 Å². The Morgan fingerprint density at radius 2 is 1.68 bits per heavy atom. The maximum absolute atomic E-state index is 10.6. The molecule has 0 spiro atoms. The number of hydrogen-bond donors (Lipinski definition) is 3. The highest BCUT2D eigenvalue weighted by molar-refractivity contribution is 5.73. The van der Waals surface area contributed by atoms with E-state index in [0.717, 1.165) is 25.3 Å². The van der Waals surface area contributed by atoms with Crippen LogP contribution in [0.1, 0.15) is 31.3 Å². The number of hydrogen-bond acceptors (Lipinski definition) is 7. The van der Waals surface area contributed by atoms with E-state index >= 15 is 0 Å². The Bertz CT molecular complexity index is 871. The predicted octanol–water partition coefficient (Wildman–Crippen LogP) is 3.34. The number of carboxylic acids is 2. The van der Waals surface area contributed by atoms with Crippen molar-refractivity contribution in [3.63, 3.8) is 0 Å². The van der Waals surface area contributed by atoms with Crippen molar-refractivity contribution in [2.75, 3.05) is 43.9 Å². The number of nitrogens with one attached hydrogen (secondary N) is 1. The average molecular weight is 511 g/mol. The number of nitrogens with zero attached hydrogens (tertiary/aromatic N) is 4. The van der Waals surface area contributed by atoms with Gasteiger partial charge in [0.05, 0.1) is 0 Å². The smallest absolute Gasteiger partial charge is 0.475 e. The van der Waals surface area contributed by atoms with Crippen LogP contribution >= 0.6 is 0 Å². The van der Waals surface area contributed by atoms with Gasteiger partial charge < -0.3 is 25.3 Å². The van der Waals surface area contributed by atoms with Crippen molar-refractivity contribution in [1.82, 2.24) is 14.9 Å². The summed E-state index contributed by atoms with van der Waals surface area (Å²) in [6.45, 7) is 6.68. The lowest BCUT2D eigenvalue weighted by Crippen LogP contribution is -2.31. The summed E-state index contributed by atoms with van der Waals surface area (Å²) in [5, 5.41) is 17.5. The first-order valence-corrected chi connectivity index (χ1v) is 9.60. The second-order valence-electron chi connectivity index (χ2n) is 8.26. The topological polar surface area (TPSA) is 119 Å². The monoisotopic (exact) mass is 511 g/mol. The molecule has 0 unspecified atom stereocenters. The second kappa shape index (κ2) is 12.6. The van der Waals surface area contributed by atoms with Crippen LogP contribution in [0.3, 0.4) is 0 Å². The van der Waals surface area contributed by atoms with E-state index in [-0.39, 0.29) is 11.5 Å². The summed E-state index contributed by atoms with van der Waals surface area (Å²) >= 11 is 0. The Morgan fingerprint density at radius 1 is 1.18 bits per heavy atom. The van der Waals surface area contributed by atoms with Crippen LogP contribution in [0.25, 0.3) is 0 Å². The number of aliphatic carboxylic acids is 2. The molecular weight excluding hydrogens is 476 g/mol. The van der Waals surface area contributed by atoms with Gasteiger partial charge in [0, 0.05) is 36.0 Å². The lowest BCUT2D eigenvalue weighted by atomic mass is 9.97. The Balaban J connectivity index is 0.000000761. The van der Waals surface area contributed by atoms with Crippen LogP contribution in [0, 0.1) is 5.41 Å². The van der Waals surface area contributed by atoms with Crippen LogP contribution in [0.4, 0.5) is 38.1 Å². The van der Waals surface area contributed by atoms with Crippen molar-refractivity contribution in [3.8, 4) is 0 Å². The normalized spacial score (nSPS) is 17.9. The summed E-state index contributed by atoms with van der Waals surface area (Å²) in [5.74, 6) is -4.05. The van der Waals surface area contributed by atoms with Gasteiger partial charge in [0.1, 0.15) is 5.82 Å². The van der Waals surface area contributed by atoms with E-state index in [2.05, 4.69) is 41.0 Å². The first-order chi connectivity index (χ1) is 16.4. The quantitative estimate of drug-likeness (QED) is 0.523. The molecule has 1 saturated heterocycles. The van der Waals surface area contributed by atoms with Gasteiger partial charge in [0.25, 0.3) is 0 Å². The Hall–Kier alpha value is -2.84. The zero-order chi connectivity index (χ0) is 29.4. The molecule has 1 aromatic rings. The standard InChI is InChI=1S/C15H27N5.2C2HF3O2/c1-15(2,3)11-17-14-16-8-6-13(18-14)20-9-7-12(10-20)19(4)5;2*3-2(4,5)1(6)7/h6,8,12H,7,9-11H2,1-5H3,(H,16,17,18);2*(H,6,7)/t12-;;/m1../s1/i4T3;;. The van der Waals surface area contributed by atoms with E-state index in [1.54, 1.807) is 13.2 Å². The van der Waals surface area contributed by atoms with Gasteiger partial charge >= 0.3 is 24.3 Å². The number of halogens is 6. The number of alkyl halides is 6. The maximum atomic E-state index is 10.6. The number of carboxylic acid groups (broad SMARTS) is 2. The van der Waals surface area contributed by atoms with E-state index < -0.39 is 31.3 Å².